The van der Waals surface area contributed by atoms with Crippen LogP contribution in [0.5, 0.6) is 0 Å². The molecule has 148 valence electrons. The number of methoxy groups -OCH3 is 1. The fourth-order valence-corrected chi connectivity index (χ4v) is 3.40. The van der Waals surface area contributed by atoms with Crippen molar-refractivity contribution in [3.63, 3.8) is 0 Å². The standard InChI is InChI=1S/C19H36N6O/c1-16-23-24-18(25(16)2)15-22-19(21-13-8-14-26-3)20-12-7-6-11-17-9-4-5-10-17/h17H,4-15H2,1-3H3,(H2,20,21,22). The van der Waals surface area contributed by atoms with Crippen LogP contribution in [0, 0.1) is 12.8 Å². The van der Waals surface area contributed by atoms with Crippen LogP contribution in [0.1, 0.15) is 63.0 Å². The topological polar surface area (TPSA) is 76.4 Å². The van der Waals surface area contributed by atoms with Crippen LogP contribution in [0.15, 0.2) is 4.99 Å². The Morgan fingerprint density at radius 3 is 2.54 bits per heavy atom. The summed E-state index contributed by atoms with van der Waals surface area (Å²) in [6.07, 6.45) is 10.6. The number of guanidine groups is 1. The Kier molecular flexibility index (Phi) is 9.45. The van der Waals surface area contributed by atoms with Crippen molar-refractivity contribution in [1.29, 1.82) is 0 Å². The lowest BCUT2D eigenvalue weighted by Crippen LogP contribution is -2.38. The van der Waals surface area contributed by atoms with E-state index in [2.05, 4.69) is 25.8 Å². The van der Waals surface area contributed by atoms with E-state index in [1.807, 2.05) is 18.5 Å². The third-order valence-electron chi connectivity index (χ3n) is 5.19. The van der Waals surface area contributed by atoms with E-state index in [0.29, 0.717) is 6.54 Å². The third-order valence-corrected chi connectivity index (χ3v) is 5.19. The van der Waals surface area contributed by atoms with Gasteiger partial charge in [0, 0.05) is 33.9 Å². The molecule has 1 heterocycles. The van der Waals surface area contributed by atoms with Gasteiger partial charge in [-0.2, -0.15) is 0 Å². The quantitative estimate of drug-likeness (QED) is 0.358. The minimum Gasteiger partial charge on any atom is -0.385 e. The first-order chi connectivity index (χ1) is 12.7. The van der Waals surface area contributed by atoms with Crippen molar-refractivity contribution in [3.8, 4) is 0 Å². The number of nitrogens with one attached hydrogen (secondary N) is 2. The summed E-state index contributed by atoms with van der Waals surface area (Å²) in [5.74, 6) is 3.61. The van der Waals surface area contributed by atoms with E-state index in [1.54, 1.807) is 7.11 Å². The molecule has 0 unspecified atom stereocenters. The Hall–Kier alpha value is -1.63. The van der Waals surface area contributed by atoms with Gasteiger partial charge < -0.3 is 19.9 Å². The Labute approximate surface area is 158 Å². The molecule has 1 aromatic heterocycles. The molecule has 0 spiro atoms. The van der Waals surface area contributed by atoms with Crippen molar-refractivity contribution in [1.82, 2.24) is 25.4 Å². The molecule has 0 radical (unpaired) electrons. The summed E-state index contributed by atoms with van der Waals surface area (Å²) >= 11 is 0. The first kappa shape index (κ1) is 20.7. The maximum absolute atomic E-state index is 5.11. The molecule has 7 nitrogen and oxygen atoms in total. The highest BCUT2D eigenvalue weighted by Gasteiger charge is 2.13. The normalized spacial score (nSPS) is 15.6. The molecule has 1 aliphatic rings. The number of aryl methyl sites for hydroxylation is 1. The zero-order chi connectivity index (χ0) is 18.6. The second-order valence-electron chi connectivity index (χ2n) is 7.23. The van der Waals surface area contributed by atoms with E-state index in [4.69, 9.17) is 4.74 Å². The zero-order valence-corrected chi connectivity index (χ0v) is 16.8. The second kappa shape index (κ2) is 11.9. The van der Waals surface area contributed by atoms with Crippen LogP contribution in [-0.2, 0) is 18.3 Å². The first-order valence-corrected chi connectivity index (χ1v) is 10.1. The van der Waals surface area contributed by atoms with Gasteiger partial charge in [0.25, 0.3) is 0 Å². The zero-order valence-electron chi connectivity index (χ0n) is 16.8. The lowest BCUT2D eigenvalue weighted by molar-refractivity contribution is 0.195. The summed E-state index contributed by atoms with van der Waals surface area (Å²) in [6.45, 7) is 5.04. The molecule has 0 amide bonds. The molecular formula is C19H36N6O. The average Bonchev–Trinajstić information content (AvgIpc) is 3.27. The average molecular weight is 365 g/mol. The number of unbranched alkanes of at least 4 members (excludes halogenated alkanes) is 1. The van der Waals surface area contributed by atoms with Gasteiger partial charge in [-0.15, -0.1) is 10.2 Å². The van der Waals surface area contributed by atoms with Crippen molar-refractivity contribution < 1.29 is 4.74 Å². The lowest BCUT2D eigenvalue weighted by atomic mass is 10.0. The highest BCUT2D eigenvalue weighted by atomic mass is 16.5. The summed E-state index contributed by atoms with van der Waals surface area (Å²) in [5.41, 5.74) is 0. The van der Waals surface area contributed by atoms with E-state index >= 15 is 0 Å². The fraction of sp³-hybridized carbons (Fsp3) is 0.842. The Balaban J connectivity index is 1.74. The van der Waals surface area contributed by atoms with Crippen molar-refractivity contribution in [3.05, 3.63) is 11.6 Å². The molecule has 2 N–H and O–H groups in total. The van der Waals surface area contributed by atoms with Crippen LogP contribution < -0.4 is 10.6 Å². The van der Waals surface area contributed by atoms with Crippen LogP contribution >= 0.6 is 0 Å². The summed E-state index contributed by atoms with van der Waals surface area (Å²) in [4.78, 5) is 4.67. The Morgan fingerprint density at radius 2 is 1.88 bits per heavy atom. The van der Waals surface area contributed by atoms with Gasteiger partial charge in [-0.05, 0) is 25.7 Å². The number of aromatic nitrogens is 3. The molecule has 1 fully saturated rings. The summed E-state index contributed by atoms with van der Waals surface area (Å²) in [5, 5.41) is 15.1. The van der Waals surface area contributed by atoms with Gasteiger partial charge in [0.05, 0.1) is 0 Å². The molecule has 0 saturated heterocycles. The number of hydrogen-bond acceptors (Lipinski definition) is 4. The second-order valence-corrected chi connectivity index (χ2v) is 7.23. The minimum absolute atomic E-state index is 0.527. The van der Waals surface area contributed by atoms with Crippen LogP contribution in [0.3, 0.4) is 0 Å². The Bertz CT molecular complexity index is 536. The van der Waals surface area contributed by atoms with Crippen molar-refractivity contribution in [2.45, 2.75) is 64.8 Å². The van der Waals surface area contributed by atoms with Crippen molar-refractivity contribution in [2.24, 2.45) is 18.0 Å². The first-order valence-electron chi connectivity index (χ1n) is 10.1. The van der Waals surface area contributed by atoms with E-state index < -0.39 is 0 Å². The molecule has 1 aromatic rings. The fourth-order valence-electron chi connectivity index (χ4n) is 3.40. The van der Waals surface area contributed by atoms with E-state index in [9.17, 15) is 0 Å². The van der Waals surface area contributed by atoms with Gasteiger partial charge in [-0.3, -0.25) is 0 Å². The van der Waals surface area contributed by atoms with Crippen LogP contribution in [-0.4, -0.2) is 47.5 Å². The van der Waals surface area contributed by atoms with Crippen LogP contribution in [0.25, 0.3) is 0 Å². The maximum Gasteiger partial charge on any atom is 0.191 e. The van der Waals surface area contributed by atoms with Gasteiger partial charge in [0.2, 0.25) is 0 Å². The van der Waals surface area contributed by atoms with Gasteiger partial charge >= 0.3 is 0 Å². The number of nitrogens with zero attached hydrogens (tertiary/aromatic N) is 4. The summed E-state index contributed by atoms with van der Waals surface area (Å²) < 4.78 is 7.09. The molecule has 1 aliphatic carbocycles. The third kappa shape index (κ3) is 7.32. The van der Waals surface area contributed by atoms with Crippen molar-refractivity contribution >= 4 is 5.96 Å². The maximum atomic E-state index is 5.11. The Morgan fingerprint density at radius 1 is 1.15 bits per heavy atom. The summed E-state index contributed by atoms with van der Waals surface area (Å²) in [7, 11) is 3.70. The largest absolute Gasteiger partial charge is 0.385 e. The van der Waals surface area contributed by atoms with Crippen LogP contribution in [0.2, 0.25) is 0 Å². The van der Waals surface area contributed by atoms with Gasteiger partial charge in [0.1, 0.15) is 12.4 Å². The molecule has 1 saturated carbocycles. The molecule has 0 bridgehead atoms. The van der Waals surface area contributed by atoms with Crippen molar-refractivity contribution in [2.75, 3.05) is 26.8 Å². The van der Waals surface area contributed by atoms with Gasteiger partial charge in [-0.1, -0.05) is 38.5 Å². The van der Waals surface area contributed by atoms with E-state index in [1.165, 1.54) is 44.9 Å². The summed E-state index contributed by atoms with van der Waals surface area (Å²) in [6, 6.07) is 0. The van der Waals surface area contributed by atoms with E-state index in [-0.39, 0.29) is 0 Å². The van der Waals surface area contributed by atoms with E-state index in [0.717, 1.165) is 49.6 Å². The smallest absolute Gasteiger partial charge is 0.191 e. The minimum atomic E-state index is 0.527. The molecule has 26 heavy (non-hydrogen) atoms. The highest BCUT2D eigenvalue weighted by molar-refractivity contribution is 5.79. The predicted octanol–water partition coefficient (Wildman–Crippen LogP) is 2.56. The molecule has 7 heteroatoms. The highest BCUT2D eigenvalue weighted by Crippen LogP contribution is 2.28. The molecular weight excluding hydrogens is 328 g/mol. The van der Waals surface area contributed by atoms with Crippen LogP contribution in [0.4, 0.5) is 0 Å². The molecule has 0 atom stereocenters. The number of ether oxygens (including phenoxy) is 1. The molecule has 2 rings (SSSR count). The van der Waals surface area contributed by atoms with Gasteiger partial charge in [-0.25, -0.2) is 4.99 Å². The SMILES string of the molecule is COCCCNC(=NCc1nnc(C)n1C)NCCCCC1CCCC1. The predicted molar refractivity (Wildman–Crippen MR) is 105 cm³/mol. The number of aliphatic imine (C=N–C) groups is 1. The molecule has 0 aliphatic heterocycles. The van der Waals surface area contributed by atoms with Gasteiger partial charge in [0.15, 0.2) is 11.8 Å². The number of hydrogen-bond donors (Lipinski definition) is 2. The monoisotopic (exact) mass is 364 g/mol. The number of rotatable bonds is 11. The lowest BCUT2D eigenvalue weighted by Gasteiger charge is -2.13. The molecule has 0 aromatic carbocycles.